The zero-order chi connectivity index (χ0) is 16.4. The average Bonchev–Trinajstić information content (AvgIpc) is 2.51. The van der Waals surface area contributed by atoms with E-state index in [0.29, 0.717) is 11.8 Å². The predicted molar refractivity (Wildman–Crippen MR) is 91.3 cm³/mol. The molecule has 1 heterocycles. The fraction of sp³-hybridized carbons (Fsp3) is 0.278. The van der Waals surface area contributed by atoms with E-state index in [-0.39, 0.29) is 5.82 Å². The normalized spacial score (nSPS) is 14.2. The molecule has 3 N–H and O–H groups in total. The SMILES string of the molecule is COc1cc(F)cc(-c2cc(C=N)c(C)c(NC3CNC3)c2)c1. The fourth-order valence-corrected chi connectivity index (χ4v) is 2.66. The minimum atomic E-state index is -0.339. The summed E-state index contributed by atoms with van der Waals surface area (Å²) in [5.41, 5.74) is 4.43. The quantitative estimate of drug-likeness (QED) is 0.743. The Labute approximate surface area is 135 Å². The summed E-state index contributed by atoms with van der Waals surface area (Å²) in [6, 6.07) is 8.94. The first-order valence-electron chi connectivity index (χ1n) is 7.58. The van der Waals surface area contributed by atoms with Crippen molar-refractivity contribution in [3.63, 3.8) is 0 Å². The molecule has 0 amide bonds. The first-order chi connectivity index (χ1) is 11.1. The standard InChI is InChI=1S/C18H20FN3O/c1-11-14(8-20)3-12(6-18(11)22-16-9-21-10-16)13-4-15(19)7-17(5-13)23-2/h3-8,16,20-22H,9-10H2,1-2H3. The van der Waals surface area contributed by atoms with Crippen LogP contribution in [0.3, 0.4) is 0 Å². The van der Waals surface area contributed by atoms with Gasteiger partial charge in [0.25, 0.3) is 0 Å². The third-order valence-corrected chi connectivity index (χ3v) is 4.18. The van der Waals surface area contributed by atoms with Gasteiger partial charge in [0.1, 0.15) is 11.6 Å². The third-order valence-electron chi connectivity index (χ3n) is 4.18. The highest BCUT2D eigenvalue weighted by molar-refractivity contribution is 5.86. The van der Waals surface area contributed by atoms with Gasteiger partial charge in [0.05, 0.1) is 13.2 Å². The van der Waals surface area contributed by atoms with E-state index in [9.17, 15) is 4.39 Å². The Hall–Kier alpha value is -2.40. The summed E-state index contributed by atoms with van der Waals surface area (Å²) in [5, 5.41) is 14.3. The monoisotopic (exact) mass is 313 g/mol. The molecular formula is C18H20FN3O. The van der Waals surface area contributed by atoms with Crippen LogP contribution in [0.1, 0.15) is 11.1 Å². The summed E-state index contributed by atoms with van der Waals surface area (Å²) in [6.07, 6.45) is 1.33. The van der Waals surface area contributed by atoms with Gasteiger partial charge >= 0.3 is 0 Å². The maximum atomic E-state index is 13.8. The highest BCUT2D eigenvalue weighted by atomic mass is 19.1. The lowest BCUT2D eigenvalue weighted by Crippen LogP contribution is -2.51. The first-order valence-corrected chi connectivity index (χ1v) is 7.58. The third kappa shape index (κ3) is 3.19. The predicted octanol–water partition coefficient (Wildman–Crippen LogP) is 3.19. The Kier molecular flexibility index (Phi) is 4.30. The Bertz CT molecular complexity index is 741. The van der Waals surface area contributed by atoms with Crippen molar-refractivity contribution >= 4 is 11.9 Å². The molecule has 2 aromatic rings. The molecule has 0 radical (unpaired) electrons. The topological polar surface area (TPSA) is 57.1 Å². The van der Waals surface area contributed by atoms with Gasteiger partial charge in [-0.15, -0.1) is 0 Å². The van der Waals surface area contributed by atoms with Crippen molar-refractivity contribution in [3.05, 3.63) is 47.3 Å². The molecule has 1 aliphatic heterocycles. The molecule has 4 nitrogen and oxygen atoms in total. The van der Waals surface area contributed by atoms with Gasteiger partial charge < -0.3 is 20.8 Å². The van der Waals surface area contributed by atoms with E-state index in [4.69, 9.17) is 10.1 Å². The van der Waals surface area contributed by atoms with Gasteiger partial charge in [0.15, 0.2) is 0 Å². The number of halogens is 1. The number of rotatable bonds is 5. The highest BCUT2D eigenvalue weighted by Crippen LogP contribution is 2.31. The van der Waals surface area contributed by atoms with E-state index >= 15 is 0 Å². The molecular weight excluding hydrogens is 293 g/mol. The van der Waals surface area contributed by atoms with Gasteiger partial charge in [-0.1, -0.05) is 0 Å². The largest absolute Gasteiger partial charge is 0.497 e. The fourth-order valence-electron chi connectivity index (χ4n) is 2.66. The second kappa shape index (κ2) is 6.38. The van der Waals surface area contributed by atoms with Crippen LogP contribution in [0, 0.1) is 18.2 Å². The van der Waals surface area contributed by atoms with E-state index < -0.39 is 0 Å². The molecule has 0 saturated carbocycles. The van der Waals surface area contributed by atoms with E-state index in [1.807, 2.05) is 19.1 Å². The number of hydrogen-bond acceptors (Lipinski definition) is 4. The maximum Gasteiger partial charge on any atom is 0.127 e. The van der Waals surface area contributed by atoms with Crippen LogP contribution < -0.4 is 15.4 Å². The number of benzene rings is 2. The van der Waals surface area contributed by atoms with Crippen molar-refractivity contribution in [2.24, 2.45) is 0 Å². The second-order valence-electron chi connectivity index (χ2n) is 5.76. The highest BCUT2D eigenvalue weighted by Gasteiger charge is 2.18. The Morgan fingerprint density at radius 2 is 1.96 bits per heavy atom. The summed E-state index contributed by atoms with van der Waals surface area (Å²) >= 11 is 0. The number of ether oxygens (including phenoxy) is 1. The number of anilines is 1. The molecule has 1 fully saturated rings. The van der Waals surface area contributed by atoms with Crippen LogP contribution in [-0.4, -0.2) is 32.5 Å². The molecule has 0 aliphatic carbocycles. The molecule has 120 valence electrons. The van der Waals surface area contributed by atoms with Crippen LogP contribution in [0.5, 0.6) is 5.75 Å². The Morgan fingerprint density at radius 3 is 2.57 bits per heavy atom. The molecule has 0 spiro atoms. The lowest BCUT2D eigenvalue weighted by Gasteiger charge is -2.30. The molecule has 0 bridgehead atoms. The Balaban J connectivity index is 2.05. The van der Waals surface area contributed by atoms with E-state index in [0.717, 1.165) is 41.0 Å². The van der Waals surface area contributed by atoms with Crippen LogP contribution in [0.25, 0.3) is 11.1 Å². The molecule has 0 unspecified atom stereocenters. The van der Waals surface area contributed by atoms with E-state index in [2.05, 4.69) is 10.6 Å². The number of hydrogen-bond donors (Lipinski definition) is 3. The lowest BCUT2D eigenvalue weighted by molar-refractivity contribution is 0.411. The van der Waals surface area contributed by atoms with Crippen LogP contribution in [0.2, 0.25) is 0 Å². The maximum absolute atomic E-state index is 13.8. The van der Waals surface area contributed by atoms with E-state index in [1.54, 1.807) is 6.07 Å². The molecule has 23 heavy (non-hydrogen) atoms. The number of nitrogens with one attached hydrogen (secondary N) is 3. The first kappa shape index (κ1) is 15.5. The van der Waals surface area contributed by atoms with Crippen molar-refractivity contribution < 1.29 is 9.13 Å². The van der Waals surface area contributed by atoms with Crippen molar-refractivity contribution in [2.45, 2.75) is 13.0 Å². The zero-order valence-corrected chi connectivity index (χ0v) is 13.2. The van der Waals surface area contributed by atoms with Gasteiger partial charge in [0, 0.05) is 31.1 Å². The minimum absolute atomic E-state index is 0.339. The van der Waals surface area contributed by atoms with Crippen LogP contribution >= 0.6 is 0 Å². The van der Waals surface area contributed by atoms with Gasteiger partial charge in [-0.25, -0.2) is 4.39 Å². The molecule has 0 aromatic heterocycles. The lowest BCUT2D eigenvalue weighted by atomic mass is 9.97. The summed E-state index contributed by atoms with van der Waals surface area (Å²) in [6.45, 7) is 3.85. The molecule has 5 heteroatoms. The molecule has 1 aliphatic rings. The summed E-state index contributed by atoms with van der Waals surface area (Å²) in [5.74, 6) is 0.142. The smallest absolute Gasteiger partial charge is 0.127 e. The van der Waals surface area contributed by atoms with Crippen molar-refractivity contribution in [1.82, 2.24) is 5.32 Å². The van der Waals surface area contributed by atoms with Crippen LogP contribution in [0.4, 0.5) is 10.1 Å². The van der Waals surface area contributed by atoms with Gasteiger partial charge in [-0.05, 0) is 53.4 Å². The van der Waals surface area contributed by atoms with Gasteiger partial charge in [-0.2, -0.15) is 0 Å². The zero-order valence-electron chi connectivity index (χ0n) is 13.2. The van der Waals surface area contributed by atoms with Crippen molar-refractivity contribution in [2.75, 3.05) is 25.5 Å². The molecule has 1 saturated heterocycles. The van der Waals surface area contributed by atoms with Gasteiger partial charge in [-0.3, -0.25) is 0 Å². The minimum Gasteiger partial charge on any atom is -0.497 e. The van der Waals surface area contributed by atoms with Gasteiger partial charge in [0.2, 0.25) is 0 Å². The van der Waals surface area contributed by atoms with E-state index in [1.165, 1.54) is 25.5 Å². The molecule has 2 aromatic carbocycles. The number of methoxy groups -OCH3 is 1. The van der Waals surface area contributed by atoms with Crippen LogP contribution in [-0.2, 0) is 0 Å². The van der Waals surface area contributed by atoms with Crippen molar-refractivity contribution in [3.8, 4) is 16.9 Å². The molecule has 3 rings (SSSR count). The summed E-state index contributed by atoms with van der Waals surface area (Å²) < 4.78 is 18.9. The van der Waals surface area contributed by atoms with Crippen LogP contribution in [0.15, 0.2) is 30.3 Å². The average molecular weight is 313 g/mol. The second-order valence-corrected chi connectivity index (χ2v) is 5.76. The molecule has 0 atom stereocenters. The van der Waals surface area contributed by atoms with Crippen molar-refractivity contribution in [1.29, 1.82) is 5.41 Å². The Morgan fingerprint density at radius 1 is 1.22 bits per heavy atom. The summed E-state index contributed by atoms with van der Waals surface area (Å²) in [4.78, 5) is 0. The summed E-state index contributed by atoms with van der Waals surface area (Å²) in [7, 11) is 1.52.